The van der Waals surface area contributed by atoms with Crippen LogP contribution in [0.4, 0.5) is 0 Å². The molecular formula is C10H11NO2. The van der Waals surface area contributed by atoms with Crippen molar-refractivity contribution >= 4 is 5.97 Å². The van der Waals surface area contributed by atoms with Gasteiger partial charge in [-0.15, -0.1) is 0 Å². The maximum absolute atomic E-state index is 11.0. The number of H-pyrrole nitrogens is 1. The number of aromatic nitrogens is 1. The Morgan fingerprint density at radius 1 is 1.62 bits per heavy atom. The molecule has 13 heavy (non-hydrogen) atoms. The number of aliphatic carboxylic acids is 1. The van der Waals surface area contributed by atoms with Gasteiger partial charge in [-0.2, -0.15) is 0 Å². The molecule has 1 atom stereocenters. The van der Waals surface area contributed by atoms with Gasteiger partial charge in [0.15, 0.2) is 0 Å². The first-order valence-corrected chi connectivity index (χ1v) is 4.63. The predicted octanol–water partition coefficient (Wildman–Crippen LogP) is 1.30. The fourth-order valence-corrected chi connectivity index (χ4v) is 2.70. The molecule has 2 N–H and O–H groups in total. The van der Waals surface area contributed by atoms with Crippen LogP contribution in [-0.4, -0.2) is 16.1 Å². The molecule has 0 aliphatic heterocycles. The number of carboxylic acids is 1. The average molecular weight is 177 g/mol. The summed E-state index contributed by atoms with van der Waals surface area (Å²) in [5, 5.41) is 9.07. The third kappa shape index (κ3) is 0.723. The molecule has 1 aromatic rings. The molecule has 1 spiro atoms. The lowest BCUT2D eigenvalue weighted by Crippen LogP contribution is -2.24. The average Bonchev–Trinajstić information content (AvgIpc) is 2.60. The summed E-state index contributed by atoms with van der Waals surface area (Å²) in [6, 6.07) is 2.05. The molecule has 0 bridgehead atoms. The van der Waals surface area contributed by atoms with Crippen molar-refractivity contribution in [2.45, 2.75) is 24.7 Å². The molecule has 1 fully saturated rings. The number of aromatic amines is 1. The highest BCUT2D eigenvalue weighted by Crippen LogP contribution is 2.59. The smallest absolute Gasteiger partial charge is 0.307 e. The van der Waals surface area contributed by atoms with Gasteiger partial charge in [-0.1, -0.05) is 0 Å². The van der Waals surface area contributed by atoms with Gasteiger partial charge in [0.1, 0.15) is 0 Å². The Kier molecular flexibility index (Phi) is 1.09. The van der Waals surface area contributed by atoms with Crippen molar-refractivity contribution in [3.05, 3.63) is 23.5 Å². The normalized spacial score (nSPS) is 27.5. The van der Waals surface area contributed by atoms with Gasteiger partial charge in [-0.25, -0.2) is 0 Å². The molecule has 68 valence electrons. The quantitative estimate of drug-likeness (QED) is 0.679. The van der Waals surface area contributed by atoms with E-state index in [4.69, 9.17) is 5.11 Å². The minimum atomic E-state index is -0.637. The van der Waals surface area contributed by atoms with Gasteiger partial charge < -0.3 is 10.1 Å². The third-order valence-corrected chi connectivity index (χ3v) is 3.53. The van der Waals surface area contributed by atoms with E-state index >= 15 is 0 Å². The van der Waals surface area contributed by atoms with Gasteiger partial charge in [0.25, 0.3) is 0 Å². The monoisotopic (exact) mass is 177 g/mol. The lowest BCUT2D eigenvalue weighted by Gasteiger charge is -2.13. The van der Waals surface area contributed by atoms with E-state index in [-0.39, 0.29) is 11.3 Å². The van der Waals surface area contributed by atoms with Crippen LogP contribution in [0.3, 0.4) is 0 Å². The van der Waals surface area contributed by atoms with Crippen molar-refractivity contribution in [1.82, 2.24) is 4.98 Å². The first-order valence-electron chi connectivity index (χ1n) is 4.63. The number of carbonyl (C=O) groups is 1. The third-order valence-electron chi connectivity index (χ3n) is 3.53. The molecule has 3 rings (SSSR count). The fourth-order valence-electron chi connectivity index (χ4n) is 2.70. The second-order valence-corrected chi connectivity index (χ2v) is 4.12. The van der Waals surface area contributed by atoms with Gasteiger partial charge in [-0.3, -0.25) is 4.79 Å². The Bertz CT molecular complexity index is 376. The fraction of sp³-hybridized carbons (Fsp3) is 0.500. The molecule has 2 aliphatic carbocycles. The summed E-state index contributed by atoms with van der Waals surface area (Å²) >= 11 is 0. The molecule has 0 saturated heterocycles. The van der Waals surface area contributed by atoms with Crippen LogP contribution >= 0.6 is 0 Å². The number of carboxylic acid groups (broad SMARTS) is 1. The van der Waals surface area contributed by atoms with E-state index in [9.17, 15) is 4.79 Å². The van der Waals surface area contributed by atoms with Crippen molar-refractivity contribution in [1.29, 1.82) is 0 Å². The van der Waals surface area contributed by atoms with Crippen LogP contribution in [0, 0.1) is 5.92 Å². The molecular weight excluding hydrogens is 166 g/mol. The Hall–Kier alpha value is -1.25. The van der Waals surface area contributed by atoms with Crippen LogP contribution in [0.5, 0.6) is 0 Å². The van der Waals surface area contributed by atoms with E-state index in [0.717, 1.165) is 18.5 Å². The largest absolute Gasteiger partial charge is 0.481 e. The van der Waals surface area contributed by atoms with E-state index in [1.807, 2.05) is 12.3 Å². The number of fused-ring (bicyclic) bond motifs is 2. The van der Waals surface area contributed by atoms with E-state index in [0.29, 0.717) is 6.42 Å². The van der Waals surface area contributed by atoms with Gasteiger partial charge >= 0.3 is 5.97 Å². The van der Waals surface area contributed by atoms with Crippen LogP contribution in [0.1, 0.15) is 24.1 Å². The van der Waals surface area contributed by atoms with Crippen molar-refractivity contribution < 1.29 is 9.90 Å². The molecule has 1 saturated carbocycles. The lowest BCUT2D eigenvalue weighted by atomic mass is 9.90. The van der Waals surface area contributed by atoms with E-state index < -0.39 is 5.97 Å². The zero-order valence-electron chi connectivity index (χ0n) is 7.21. The summed E-state index contributed by atoms with van der Waals surface area (Å²) in [4.78, 5) is 14.1. The molecule has 3 nitrogen and oxygen atoms in total. The molecule has 3 heteroatoms. The predicted molar refractivity (Wildman–Crippen MR) is 46.5 cm³/mol. The number of hydrogen-bond donors (Lipinski definition) is 2. The molecule has 0 radical (unpaired) electrons. The number of nitrogens with one attached hydrogen (secondary N) is 1. The van der Waals surface area contributed by atoms with E-state index in [1.165, 1.54) is 5.56 Å². The van der Waals surface area contributed by atoms with Gasteiger partial charge in [-0.05, 0) is 24.5 Å². The lowest BCUT2D eigenvalue weighted by molar-refractivity contribution is -0.142. The van der Waals surface area contributed by atoms with Crippen LogP contribution in [0.15, 0.2) is 12.3 Å². The first kappa shape index (κ1) is 7.18. The molecule has 2 aliphatic rings. The van der Waals surface area contributed by atoms with Crippen molar-refractivity contribution in [3.63, 3.8) is 0 Å². The number of hydrogen-bond acceptors (Lipinski definition) is 1. The molecule has 1 heterocycles. The molecule has 1 aromatic heterocycles. The maximum atomic E-state index is 11.0. The van der Waals surface area contributed by atoms with E-state index in [2.05, 4.69) is 4.98 Å². The molecule has 0 aromatic carbocycles. The summed E-state index contributed by atoms with van der Waals surface area (Å²) in [7, 11) is 0. The highest BCUT2D eigenvalue weighted by molar-refractivity contribution is 5.76. The SMILES string of the molecule is O=C(O)C1Cc2[nH]ccc2C12CC2. The summed E-state index contributed by atoms with van der Waals surface area (Å²) in [6.07, 6.45) is 4.71. The summed E-state index contributed by atoms with van der Waals surface area (Å²) in [5.74, 6) is -0.808. The summed E-state index contributed by atoms with van der Waals surface area (Å²) in [5.41, 5.74) is 2.42. The van der Waals surface area contributed by atoms with Crippen LogP contribution in [0.25, 0.3) is 0 Å². The standard InChI is InChI=1S/C10H11NO2/c12-9(13)7-5-8-6(1-4-11-8)10(7)2-3-10/h1,4,7,11H,2-3,5H2,(H,12,13). The van der Waals surface area contributed by atoms with Gasteiger partial charge in [0.05, 0.1) is 5.92 Å². The van der Waals surface area contributed by atoms with E-state index in [1.54, 1.807) is 0 Å². The summed E-state index contributed by atoms with van der Waals surface area (Å²) in [6.45, 7) is 0. The molecule has 1 unspecified atom stereocenters. The van der Waals surface area contributed by atoms with Crippen molar-refractivity contribution in [3.8, 4) is 0 Å². The van der Waals surface area contributed by atoms with Crippen molar-refractivity contribution in [2.75, 3.05) is 0 Å². The van der Waals surface area contributed by atoms with Crippen LogP contribution < -0.4 is 0 Å². The highest BCUT2D eigenvalue weighted by Gasteiger charge is 2.58. The minimum absolute atomic E-state index is 0.0150. The second kappa shape index (κ2) is 1.97. The minimum Gasteiger partial charge on any atom is -0.481 e. The van der Waals surface area contributed by atoms with Gasteiger partial charge in [0, 0.05) is 23.7 Å². The van der Waals surface area contributed by atoms with Crippen LogP contribution in [0.2, 0.25) is 0 Å². The Morgan fingerprint density at radius 2 is 2.38 bits per heavy atom. The second-order valence-electron chi connectivity index (χ2n) is 4.12. The maximum Gasteiger partial charge on any atom is 0.307 e. The topological polar surface area (TPSA) is 53.1 Å². The Balaban J connectivity index is 2.09. The Morgan fingerprint density at radius 3 is 3.00 bits per heavy atom. The zero-order chi connectivity index (χ0) is 9.05. The van der Waals surface area contributed by atoms with Crippen molar-refractivity contribution in [2.24, 2.45) is 5.92 Å². The number of rotatable bonds is 1. The Labute approximate surface area is 75.8 Å². The first-order chi connectivity index (χ1) is 6.24. The zero-order valence-corrected chi connectivity index (χ0v) is 7.21. The highest BCUT2D eigenvalue weighted by atomic mass is 16.4. The molecule has 0 amide bonds. The van der Waals surface area contributed by atoms with Gasteiger partial charge in [0.2, 0.25) is 0 Å². The summed E-state index contributed by atoms with van der Waals surface area (Å²) < 4.78 is 0. The van der Waals surface area contributed by atoms with Crippen LogP contribution in [-0.2, 0) is 16.6 Å².